The van der Waals surface area contributed by atoms with Crippen molar-refractivity contribution in [2.75, 3.05) is 13.7 Å². The highest BCUT2D eigenvalue weighted by Gasteiger charge is 2.27. The molecule has 1 aliphatic rings. The molecule has 5 nitrogen and oxygen atoms in total. The first-order valence-corrected chi connectivity index (χ1v) is 8.44. The molecule has 0 atom stereocenters. The number of methoxy groups -OCH3 is 1. The molecule has 6 heteroatoms. The van der Waals surface area contributed by atoms with Crippen molar-refractivity contribution in [3.05, 3.63) is 63.6 Å². The van der Waals surface area contributed by atoms with Gasteiger partial charge in [0.25, 0.3) is 0 Å². The molecule has 0 saturated carbocycles. The van der Waals surface area contributed by atoms with Crippen LogP contribution in [0.4, 0.5) is 0 Å². The summed E-state index contributed by atoms with van der Waals surface area (Å²) in [6, 6.07) is 12.9. The molecule has 3 rings (SSSR count). The predicted molar refractivity (Wildman–Crippen MR) is 102 cm³/mol. The van der Waals surface area contributed by atoms with Gasteiger partial charge >= 0.3 is 5.97 Å². The van der Waals surface area contributed by atoms with E-state index in [0.29, 0.717) is 27.3 Å². The Kier molecular flexibility index (Phi) is 5.40. The monoisotopic (exact) mass is 411 g/mol. The van der Waals surface area contributed by atoms with E-state index < -0.39 is 5.97 Å². The van der Waals surface area contributed by atoms with Gasteiger partial charge in [-0.05, 0) is 39.7 Å². The van der Waals surface area contributed by atoms with E-state index in [1.165, 1.54) is 7.11 Å². The molecule has 0 N–H and O–H groups in total. The topological polar surface area (TPSA) is 57.1 Å². The normalized spacial score (nSPS) is 14.6. The molecule has 0 amide bonds. The second kappa shape index (κ2) is 7.89. The molecule has 0 saturated heterocycles. The van der Waals surface area contributed by atoms with Crippen molar-refractivity contribution in [1.29, 1.82) is 0 Å². The average molecular weight is 412 g/mol. The first-order valence-electron chi connectivity index (χ1n) is 7.64. The number of nitrogens with zero attached hydrogens (tertiary/aromatic N) is 1. The number of hydrogen-bond donors (Lipinski definition) is 0. The Morgan fingerprint density at radius 1 is 1.31 bits per heavy atom. The molecule has 0 bridgehead atoms. The summed E-state index contributed by atoms with van der Waals surface area (Å²) >= 11 is 3.44. The van der Waals surface area contributed by atoms with Gasteiger partial charge in [-0.25, -0.2) is 4.79 Å². The van der Waals surface area contributed by atoms with Crippen molar-refractivity contribution in [2.45, 2.75) is 0 Å². The largest absolute Gasteiger partial charge is 0.493 e. The van der Waals surface area contributed by atoms with Gasteiger partial charge in [0, 0.05) is 5.56 Å². The summed E-state index contributed by atoms with van der Waals surface area (Å²) in [5.74, 6) is 2.89. The maximum Gasteiger partial charge on any atom is 0.368 e. The van der Waals surface area contributed by atoms with Gasteiger partial charge in [-0.3, -0.25) is 0 Å². The standard InChI is InChI=1S/C20H14BrNO4/c1-3-9-25-19-16(21)11-13(12-17(19)24-2)10-15-18(22-26-20(15)23)14-7-5-4-6-8-14/h1,4-8,10-12H,9H2,2H3/b15-10-. The summed E-state index contributed by atoms with van der Waals surface area (Å²) < 4.78 is 11.5. The molecule has 2 aromatic carbocycles. The van der Waals surface area contributed by atoms with Crippen LogP contribution < -0.4 is 9.47 Å². The van der Waals surface area contributed by atoms with Crippen molar-refractivity contribution in [2.24, 2.45) is 5.16 Å². The van der Waals surface area contributed by atoms with Crippen molar-refractivity contribution in [3.63, 3.8) is 0 Å². The molecule has 0 unspecified atom stereocenters. The third kappa shape index (κ3) is 3.63. The van der Waals surface area contributed by atoms with Gasteiger partial charge in [-0.1, -0.05) is 41.4 Å². The quantitative estimate of drug-likeness (QED) is 0.426. The lowest BCUT2D eigenvalue weighted by Crippen LogP contribution is -2.06. The second-order valence-electron chi connectivity index (χ2n) is 5.27. The highest BCUT2D eigenvalue weighted by Crippen LogP contribution is 2.37. The Bertz CT molecular complexity index is 942. The first-order chi connectivity index (χ1) is 12.6. The number of carbonyl (C=O) groups is 1. The maximum absolute atomic E-state index is 12.1. The summed E-state index contributed by atoms with van der Waals surface area (Å²) in [6.45, 7) is 0.118. The van der Waals surface area contributed by atoms with E-state index in [-0.39, 0.29) is 6.61 Å². The van der Waals surface area contributed by atoms with Gasteiger partial charge in [-0.15, -0.1) is 6.42 Å². The van der Waals surface area contributed by atoms with Crippen molar-refractivity contribution < 1.29 is 19.1 Å². The molecule has 0 fully saturated rings. The molecule has 0 aromatic heterocycles. The molecule has 26 heavy (non-hydrogen) atoms. The molecule has 0 radical (unpaired) electrons. The number of halogens is 1. The number of oxime groups is 1. The second-order valence-corrected chi connectivity index (χ2v) is 6.12. The molecular formula is C20H14BrNO4. The lowest BCUT2D eigenvalue weighted by molar-refractivity contribution is -0.136. The van der Waals surface area contributed by atoms with Crippen LogP contribution in [0.15, 0.2) is 57.7 Å². The Labute approximate surface area is 159 Å². The van der Waals surface area contributed by atoms with E-state index in [1.807, 2.05) is 30.3 Å². The minimum Gasteiger partial charge on any atom is -0.493 e. The van der Waals surface area contributed by atoms with Crippen LogP contribution in [0.2, 0.25) is 0 Å². The molecular weight excluding hydrogens is 398 g/mol. The number of rotatable bonds is 5. The maximum atomic E-state index is 12.1. The zero-order valence-corrected chi connectivity index (χ0v) is 15.4. The highest BCUT2D eigenvalue weighted by molar-refractivity contribution is 9.10. The summed E-state index contributed by atoms with van der Waals surface area (Å²) in [7, 11) is 1.53. The van der Waals surface area contributed by atoms with Crippen molar-refractivity contribution in [1.82, 2.24) is 0 Å². The van der Waals surface area contributed by atoms with Crippen LogP contribution in [0.3, 0.4) is 0 Å². The lowest BCUT2D eigenvalue weighted by Gasteiger charge is -2.12. The molecule has 1 aliphatic heterocycles. The van der Waals surface area contributed by atoms with Crippen LogP contribution >= 0.6 is 15.9 Å². The molecule has 130 valence electrons. The Morgan fingerprint density at radius 3 is 2.77 bits per heavy atom. The number of ether oxygens (including phenoxy) is 2. The zero-order valence-electron chi connectivity index (χ0n) is 13.9. The fourth-order valence-electron chi connectivity index (χ4n) is 2.46. The molecule has 0 aliphatic carbocycles. The minimum atomic E-state index is -0.508. The van der Waals surface area contributed by atoms with E-state index >= 15 is 0 Å². The lowest BCUT2D eigenvalue weighted by atomic mass is 10.0. The number of carbonyl (C=O) groups excluding carboxylic acids is 1. The Hall–Kier alpha value is -3.04. The average Bonchev–Trinajstić information content (AvgIpc) is 3.01. The summed E-state index contributed by atoms with van der Waals surface area (Å²) in [5, 5.41) is 3.90. The van der Waals surface area contributed by atoms with Crippen LogP contribution in [-0.2, 0) is 9.63 Å². The summed E-state index contributed by atoms with van der Waals surface area (Å²) in [4.78, 5) is 17.0. The third-order valence-electron chi connectivity index (χ3n) is 3.60. The predicted octanol–water partition coefficient (Wildman–Crippen LogP) is 3.81. The molecule has 0 spiro atoms. The van der Waals surface area contributed by atoms with Crippen LogP contribution in [-0.4, -0.2) is 25.4 Å². The molecule has 2 aromatic rings. The Balaban J connectivity index is 2.01. The van der Waals surface area contributed by atoms with Crippen molar-refractivity contribution in [3.8, 4) is 23.8 Å². The van der Waals surface area contributed by atoms with Gasteiger partial charge < -0.3 is 14.3 Å². The van der Waals surface area contributed by atoms with E-state index in [0.717, 1.165) is 11.1 Å². The first kappa shape index (κ1) is 17.8. The number of terminal acetylenes is 1. The number of benzene rings is 2. The van der Waals surface area contributed by atoms with E-state index in [1.54, 1.807) is 18.2 Å². The summed E-state index contributed by atoms with van der Waals surface area (Å²) in [6.07, 6.45) is 6.93. The van der Waals surface area contributed by atoms with Crippen LogP contribution in [0.1, 0.15) is 11.1 Å². The van der Waals surface area contributed by atoms with E-state index in [4.69, 9.17) is 20.7 Å². The molecule has 1 heterocycles. The smallest absolute Gasteiger partial charge is 0.368 e. The third-order valence-corrected chi connectivity index (χ3v) is 4.19. The zero-order chi connectivity index (χ0) is 18.5. The summed E-state index contributed by atoms with van der Waals surface area (Å²) in [5.41, 5.74) is 2.37. The van der Waals surface area contributed by atoms with E-state index in [2.05, 4.69) is 27.0 Å². The van der Waals surface area contributed by atoms with E-state index in [9.17, 15) is 4.79 Å². The van der Waals surface area contributed by atoms with Crippen LogP contribution in [0.5, 0.6) is 11.5 Å². The van der Waals surface area contributed by atoms with Gasteiger partial charge in [0.15, 0.2) is 11.5 Å². The fraction of sp³-hybridized carbons (Fsp3) is 0.100. The van der Waals surface area contributed by atoms with Gasteiger partial charge in [0.05, 0.1) is 17.2 Å². The SMILES string of the molecule is C#CCOc1c(Br)cc(/C=C2\C(=O)ON=C2c2ccccc2)cc1OC. The van der Waals surface area contributed by atoms with Crippen LogP contribution in [0, 0.1) is 12.3 Å². The highest BCUT2D eigenvalue weighted by atomic mass is 79.9. The number of hydrogen-bond acceptors (Lipinski definition) is 5. The van der Waals surface area contributed by atoms with Gasteiger partial charge in [0.1, 0.15) is 12.3 Å². The van der Waals surface area contributed by atoms with Crippen LogP contribution in [0.25, 0.3) is 6.08 Å². The van der Waals surface area contributed by atoms with Gasteiger partial charge in [0.2, 0.25) is 0 Å². The minimum absolute atomic E-state index is 0.118. The van der Waals surface area contributed by atoms with Crippen molar-refractivity contribution >= 4 is 33.7 Å². The Morgan fingerprint density at radius 2 is 2.08 bits per heavy atom. The fourth-order valence-corrected chi connectivity index (χ4v) is 3.03. The van der Waals surface area contributed by atoms with Gasteiger partial charge in [-0.2, -0.15) is 0 Å².